The number of hydrogen-bond donors (Lipinski definition) is 0. The molecule has 3 aromatic rings. The van der Waals surface area contributed by atoms with E-state index in [1.807, 2.05) is 80.6 Å². The number of carbonyl (C=O) groups is 4. The second kappa shape index (κ2) is 12.8. The minimum Gasteiger partial charge on any atom is -0.304 e. The molecular formula is C34H37N3O4. The maximum absolute atomic E-state index is 14.5. The number of carbonyl (C=O) groups excluding carboxylic acids is 4. The normalized spacial score (nSPS) is 16.0. The molecule has 0 bridgehead atoms. The van der Waals surface area contributed by atoms with Crippen molar-refractivity contribution in [3.05, 3.63) is 114 Å². The Morgan fingerprint density at radius 3 is 1.85 bits per heavy atom. The summed E-state index contributed by atoms with van der Waals surface area (Å²) in [7, 11) is 0. The highest BCUT2D eigenvalue weighted by Gasteiger charge is 2.46. The van der Waals surface area contributed by atoms with E-state index in [9.17, 15) is 19.2 Å². The average Bonchev–Trinajstić information content (AvgIpc) is 2.97. The monoisotopic (exact) mass is 551 g/mol. The standard InChI is InChI=1S/C34H37N3O4/c1-23(2)31-34(41)37(30(27-17-11-7-12-18-27)22-35(31)33(40)24(3)4)36(25(5)38)29(21-26-15-9-6-10-16-26)32(39)28-19-13-8-14-20-28/h6-20,22-24,29,31H,21H2,1-5H3/t29-,31+/m0/s1. The van der Waals surface area contributed by atoms with E-state index in [0.717, 1.165) is 5.56 Å². The molecule has 0 saturated heterocycles. The van der Waals surface area contributed by atoms with E-state index in [2.05, 4.69) is 0 Å². The van der Waals surface area contributed by atoms with Crippen LogP contribution in [0, 0.1) is 11.8 Å². The third-order valence-corrected chi connectivity index (χ3v) is 7.17. The minimum atomic E-state index is -1.02. The van der Waals surface area contributed by atoms with E-state index in [1.54, 1.807) is 44.3 Å². The fourth-order valence-electron chi connectivity index (χ4n) is 5.18. The molecule has 0 N–H and O–H groups in total. The summed E-state index contributed by atoms with van der Waals surface area (Å²) in [5.74, 6) is -1.99. The van der Waals surface area contributed by atoms with Crippen LogP contribution >= 0.6 is 0 Å². The van der Waals surface area contributed by atoms with Gasteiger partial charge in [0.15, 0.2) is 5.78 Å². The molecule has 7 nitrogen and oxygen atoms in total. The van der Waals surface area contributed by atoms with Gasteiger partial charge in [0.1, 0.15) is 12.1 Å². The zero-order chi connectivity index (χ0) is 29.7. The van der Waals surface area contributed by atoms with Crippen LogP contribution in [0.25, 0.3) is 5.70 Å². The van der Waals surface area contributed by atoms with Crippen LogP contribution in [0.5, 0.6) is 0 Å². The lowest BCUT2D eigenvalue weighted by atomic mass is 9.94. The molecule has 2 atom stereocenters. The van der Waals surface area contributed by atoms with Crippen molar-refractivity contribution < 1.29 is 19.2 Å². The number of benzene rings is 3. The summed E-state index contributed by atoms with van der Waals surface area (Å²) >= 11 is 0. The van der Waals surface area contributed by atoms with Crippen LogP contribution in [0.3, 0.4) is 0 Å². The van der Waals surface area contributed by atoms with Gasteiger partial charge in [0.05, 0.1) is 5.70 Å². The zero-order valence-electron chi connectivity index (χ0n) is 24.2. The molecule has 1 aliphatic heterocycles. The van der Waals surface area contributed by atoms with Gasteiger partial charge >= 0.3 is 0 Å². The van der Waals surface area contributed by atoms with Crippen LogP contribution in [0.4, 0.5) is 0 Å². The Balaban J connectivity index is 1.95. The first kappa shape index (κ1) is 29.5. The van der Waals surface area contributed by atoms with E-state index >= 15 is 0 Å². The van der Waals surface area contributed by atoms with Gasteiger partial charge in [0.2, 0.25) is 11.8 Å². The lowest BCUT2D eigenvalue weighted by molar-refractivity contribution is -0.165. The van der Waals surface area contributed by atoms with E-state index < -0.39 is 23.9 Å². The maximum Gasteiger partial charge on any atom is 0.269 e. The molecule has 3 aromatic carbocycles. The lowest BCUT2D eigenvalue weighted by Gasteiger charge is -2.47. The zero-order valence-corrected chi connectivity index (χ0v) is 24.2. The Labute approximate surface area is 242 Å². The molecule has 0 fully saturated rings. The van der Waals surface area contributed by atoms with Crippen LogP contribution in [0.15, 0.2) is 97.2 Å². The van der Waals surface area contributed by atoms with Gasteiger partial charge in [-0.05, 0) is 11.5 Å². The van der Waals surface area contributed by atoms with Crippen LogP contribution in [0.1, 0.15) is 56.1 Å². The lowest BCUT2D eigenvalue weighted by Crippen LogP contribution is -2.63. The molecule has 0 radical (unpaired) electrons. The Morgan fingerprint density at radius 2 is 1.34 bits per heavy atom. The fourth-order valence-corrected chi connectivity index (χ4v) is 5.18. The van der Waals surface area contributed by atoms with Gasteiger partial charge in [0.25, 0.3) is 5.91 Å². The third kappa shape index (κ3) is 6.30. The SMILES string of the molecule is CC(=O)N([C@@H](Cc1ccccc1)C(=O)c1ccccc1)N1C(=O)[C@@H](C(C)C)N(C(=O)C(C)C)C=C1c1ccccc1. The number of nitrogens with zero attached hydrogens (tertiary/aromatic N) is 3. The molecule has 41 heavy (non-hydrogen) atoms. The molecule has 0 unspecified atom stereocenters. The summed E-state index contributed by atoms with van der Waals surface area (Å²) in [5.41, 5.74) is 2.28. The predicted molar refractivity (Wildman–Crippen MR) is 159 cm³/mol. The number of rotatable bonds is 9. The molecule has 0 aromatic heterocycles. The summed E-state index contributed by atoms with van der Waals surface area (Å²) in [6, 6.07) is 25.5. The first-order chi connectivity index (χ1) is 19.6. The van der Waals surface area contributed by atoms with Gasteiger partial charge in [-0.2, -0.15) is 0 Å². The summed E-state index contributed by atoms with van der Waals surface area (Å²) in [6.07, 6.45) is 1.85. The first-order valence-corrected chi connectivity index (χ1v) is 14.0. The molecular weight excluding hydrogens is 514 g/mol. The van der Waals surface area contributed by atoms with Crippen molar-refractivity contribution in [2.24, 2.45) is 11.8 Å². The van der Waals surface area contributed by atoms with Crippen molar-refractivity contribution in [3.8, 4) is 0 Å². The van der Waals surface area contributed by atoms with Gasteiger partial charge in [-0.25, -0.2) is 10.0 Å². The highest BCUT2D eigenvalue weighted by atomic mass is 16.2. The fraction of sp³-hybridized carbons (Fsp3) is 0.294. The second-order valence-corrected chi connectivity index (χ2v) is 10.9. The van der Waals surface area contributed by atoms with Gasteiger partial charge < -0.3 is 4.90 Å². The van der Waals surface area contributed by atoms with Crippen LogP contribution < -0.4 is 0 Å². The van der Waals surface area contributed by atoms with Crippen molar-refractivity contribution in [1.29, 1.82) is 0 Å². The number of Topliss-reactive ketones (excluding diaryl/α,β-unsaturated/α-hetero) is 1. The maximum atomic E-state index is 14.5. The van der Waals surface area contributed by atoms with Gasteiger partial charge in [-0.3, -0.25) is 19.2 Å². The molecule has 212 valence electrons. The number of ketones is 1. The summed E-state index contributed by atoms with van der Waals surface area (Å²) in [5, 5.41) is 2.62. The van der Waals surface area contributed by atoms with Crippen LogP contribution in [0.2, 0.25) is 0 Å². The highest BCUT2D eigenvalue weighted by molar-refractivity contribution is 6.04. The highest BCUT2D eigenvalue weighted by Crippen LogP contribution is 2.34. The average molecular weight is 552 g/mol. The molecule has 1 heterocycles. The Kier molecular flexibility index (Phi) is 9.17. The van der Waals surface area contributed by atoms with Gasteiger partial charge in [-0.1, -0.05) is 119 Å². The van der Waals surface area contributed by atoms with Crippen molar-refractivity contribution in [2.75, 3.05) is 0 Å². The molecule has 0 spiro atoms. The number of hydrogen-bond acceptors (Lipinski definition) is 4. The van der Waals surface area contributed by atoms with E-state index in [-0.39, 0.29) is 29.9 Å². The molecule has 1 aliphatic rings. The Hall–Kier alpha value is -4.52. The molecule has 4 rings (SSSR count). The minimum absolute atomic E-state index is 0.194. The predicted octanol–water partition coefficient (Wildman–Crippen LogP) is 5.59. The van der Waals surface area contributed by atoms with Crippen molar-refractivity contribution >= 4 is 29.2 Å². The molecule has 0 saturated carbocycles. The second-order valence-electron chi connectivity index (χ2n) is 10.9. The van der Waals surface area contributed by atoms with Gasteiger partial charge in [0, 0.05) is 36.6 Å². The summed E-state index contributed by atoms with van der Waals surface area (Å²) < 4.78 is 0. The van der Waals surface area contributed by atoms with Crippen molar-refractivity contribution in [1.82, 2.24) is 14.9 Å². The Bertz CT molecular complexity index is 1420. The van der Waals surface area contributed by atoms with Crippen LogP contribution in [-0.2, 0) is 20.8 Å². The van der Waals surface area contributed by atoms with Gasteiger partial charge in [-0.15, -0.1) is 0 Å². The molecule has 3 amide bonds. The largest absolute Gasteiger partial charge is 0.304 e. The number of hydrazine groups is 1. The van der Waals surface area contributed by atoms with Crippen molar-refractivity contribution in [2.45, 2.75) is 53.1 Å². The topological polar surface area (TPSA) is 78.0 Å². The molecule has 0 aliphatic carbocycles. The quantitative estimate of drug-likeness (QED) is 0.325. The smallest absolute Gasteiger partial charge is 0.269 e. The van der Waals surface area contributed by atoms with E-state index in [0.29, 0.717) is 16.8 Å². The Morgan fingerprint density at radius 1 is 0.805 bits per heavy atom. The van der Waals surface area contributed by atoms with E-state index in [4.69, 9.17) is 0 Å². The number of amides is 3. The van der Waals surface area contributed by atoms with Crippen molar-refractivity contribution in [3.63, 3.8) is 0 Å². The van der Waals surface area contributed by atoms with E-state index in [1.165, 1.54) is 21.8 Å². The molecule has 7 heteroatoms. The third-order valence-electron chi connectivity index (χ3n) is 7.17. The summed E-state index contributed by atoms with van der Waals surface area (Å²) in [6.45, 7) is 8.70. The first-order valence-electron chi connectivity index (χ1n) is 14.0. The summed E-state index contributed by atoms with van der Waals surface area (Å²) in [4.78, 5) is 57.2. The van der Waals surface area contributed by atoms with Crippen LogP contribution in [-0.4, -0.2) is 50.5 Å².